The van der Waals surface area contributed by atoms with Crippen LogP contribution in [0, 0.1) is 0 Å². The number of aliphatic carboxylic acids is 1. The van der Waals surface area contributed by atoms with Crippen molar-refractivity contribution < 1.29 is 29.0 Å². The zero-order valence-corrected chi connectivity index (χ0v) is 17.3. The normalized spacial score (nSPS) is 16.2. The van der Waals surface area contributed by atoms with Crippen molar-refractivity contribution in [1.82, 2.24) is 5.32 Å². The van der Waals surface area contributed by atoms with Gasteiger partial charge >= 0.3 is 11.9 Å². The molecule has 2 atom stereocenters. The lowest BCUT2D eigenvalue weighted by atomic mass is 9.95. The molecule has 2 aromatic carbocycles. The second-order valence-corrected chi connectivity index (χ2v) is 7.84. The van der Waals surface area contributed by atoms with E-state index in [0.717, 1.165) is 11.1 Å². The summed E-state index contributed by atoms with van der Waals surface area (Å²) in [6, 6.07) is 13.4. The molecule has 8 heteroatoms. The van der Waals surface area contributed by atoms with Gasteiger partial charge < -0.3 is 19.9 Å². The summed E-state index contributed by atoms with van der Waals surface area (Å²) in [6.45, 7) is -0.284. The summed E-state index contributed by atoms with van der Waals surface area (Å²) in [7, 11) is 0. The third-order valence-electron chi connectivity index (χ3n) is 4.76. The fourth-order valence-corrected chi connectivity index (χ4v) is 3.65. The Balaban J connectivity index is 1.54. The first-order valence-electron chi connectivity index (χ1n) is 9.50. The van der Waals surface area contributed by atoms with Gasteiger partial charge in [-0.2, -0.15) is 11.8 Å². The number of carbonyl (C=O) groups is 3. The van der Waals surface area contributed by atoms with Crippen molar-refractivity contribution in [1.29, 1.82) is 0 Å². The summed E-state index contributed by atoms with van der Waals surface area (Å²) in [6.07, 6.45) is 2.44. The largest absolute Gasteiger partial charge is 0.484 e. The molecule has 1 heterocycles. The van der Waals surface area contributed by atoms with E-state index in [9.17, 15) is 14.4 Å². The topological polar surface area (TPSA) is 102 Å². The number of carboxylic acid groups (broad SMARTS) is 1. The molecule has 0 aliphatic carbocycles. The maximum absolute atomic E-state index is 12.2. The molecule has 0 bridgehead atoms. The second-order valence-electron chi connectivity index (χ2n) is 6.85. The van der Waals surface area contributed by atoms with E-state index in [-0.39, 0.29) is 18.7 Å². The van der Waals surface area contributed by atoms with Crippen molar-refractivity contribution in [3.05, 3.63) is 65.2 Å². The fraction of sp³-hybridized carbons (Fsp3) is 0.318. The van der Waals surface area contributed by atoms with Crippen LogP contribution in [0.4, 0.5) is 0 Å². The van der Waals surface area contributed by atoms with Crippen LogP contribution >= 0.6 is 11.8 Å². The van der Waals surface area contributed by atoms with Gasteiger partial charge in [0, 0.05) is 6.42 Å². The number of benzene rings is 2. The van der Waals surface area contributed by atoms with Crippen molar-refractivity contribution in [3.63, 3.8) is 0 Å². The van der Waals surface area contributed by atoms with E-state index in [4.69, 9.17) is 14.6 Å². The Labute approximate surface area is 178 Å². The molecule has 0 aromatic heterocycles. The summed E-state index contributed by atoms with van der Waals surface area (Å²) >= 11 is 1.52. The van der Waals surface area contributed by atoms with Crippen LogP contribution in [0.25, 0.3) is 0 Å². The van der Waals surface area contributed by atoms with Crippen LogP contribution in [0.1, 0.15) is 34.0 Å². The minimum Gasteiger partial charge on any atom is -0.484 e. The van der Waals surface area contributed by atoms with E-state index in [2.05, 4.69) is 5.32 Å². The molecule has 0 spiro atoms. The van der Waals surface area contributed by atoms with Gasteiger partial charge in [0.05, 0.1) is 5.56 Å². The SMILES string of the molecule is CSCC[C@@H](NC(=O)COc1ccc([C@H]2Cc3ccccc3C(=O)O2)cc1)C(=O)O. The molecule has 158 valence electrons. The number of carboxylic acids is 1. The van der Waals surface area contributed by atoms with E-state index in [1.165, 1.54) is 11.8 Å². The molecule has 0 saturated heterocycles. The van der Waals surface area contributed by atoms with E-state index in [1.54, 1.807) is 30.3 Å². The third-order valence-corrected chi connectivity index (χ3v) is 5.40. The van der Waals surface area contributed by atoms with Gasteiger partial charge in [0.15, 0.2) is 6.61 Å². The second kappa shape index (κ2) is 10.2. The number of hydrogen-bond donors (Lipinski definition) is 2. The van der Waals surface area contributed by atoms with Crippen LogP contribution in [-0.2, 0) is 20.7 Å². The summed E-state index contributed by atoms with van der Waals surface area (Å²) in [5, 5.41) is 11.6. The van der Waals surface area contributed by atoms with Crippen LogP contribution in [-0.4, -0.2) is 47.6 Å². The van der Waals surface area contributed by atoms with E-state index >= 15 is 0 Å². The lowest BCUT2D eigenvalue weighted by Crippen LogP contribution is -2.43. The van der Waals surface area contributed by atoms with E-state index in [1.807, 2.05) is 24.5 Å². The number of fused-ring (bicyclic) bond motifs is 1. The van der Waals surface area contributed by atoms with Crippen LogP contribution in [0.15, 0.2) is 48.5 Å². The molecule has 1 aliphatic heterocycles. The van der Waals surface area contributed by atoms with Crippen molar-refractivity contribution in [2.75, 3.05) is 18.6 Å². The Morgan fingerprint density at radius 1 is 1.23 bits per heavy atom. The Morgan fingerprint density at radius 3 is 2.67 bits per heavy atom. The first-order chi connectivity index (χ1) is 14.5. The Morgan fingerprint density at radius 2 is 1.97 bits per heavy atom. The van der Waals surface area contributed by atoms with Gasteiger partial charge in [0.25, 0.3) is 5.91 Å². The lowest BCUT2D eigenvalue weighted by molar-refractivity contribution is -0.142. The highest BCUT2D eigenvalue weighted by atomic mass is 32.2. The average molecular weight is 429 g/mol. The average Bonchev–Trinajstić information content (AvgIpc) is 2.75. The van der Waals surface area contributed by atoms with E-state index in [0.29, 0.717) is 29.9 Å². The van der Waals surface area contributed by atoms with Crippen molar-refractivity contribution in [3.8, 4) is 5.75 Å². The summed E-state index contributed by atoms with van der Waals surface area (Å²) in [5.41, 5.74) is 2.37. The Bertz CT molecular complexity index is 914. The lowest BCUT2D eigenvalue weighted by Gasteiger charge is -2.25. The minimum absolute atomic E-state index is 0.284. The molecule has 0 fully saturated rings. The molecular weight excluding hydrogens is 406 g/mol. The number of hydrogen-bond acceptors (Lipinski definition) is 6. The first kappa shape index (κ1) is 21.7. The number of rotatable bonds is 9. The molecule has 0 saturated carbocycles. The number of carbonyl (C=O) groups excluding carboxylic acids is 2. The molecule has 7 nitrogen and oxygen atoms in total. The van der Waals surface area contributed by atoms with Gasteiger partial charge in [-0.3, -0.25) is 4.79 Å². The van der Waals surface area contributed by atoms with Crippen LogP contribution in [0.2, 0.25) is 0 Å². The predicted molar refractivity (Wildman–Crippen MR) is 113 cm³/mol. The van der Waals surface area contributed by atoms with Crippen molar-refractivity contribution >= 4 is 29.6 Å². The Hall–Kier alpha value is -3.00. The van der Waals surface area contributed by atoms with Crippen molar-refractivity contribution in [2.45, 2.75) is 25.0 Å². The van der Waals surface area contributed by atoms with Gasteiger partial charge in [-0.1, -0.05) is 30.3 Å². The Kier molecular flexibility index (Phi) is 7.35. The number of amides is 1. The van der Waals surface area contributed by atoms with Crippen LogP contribution in [0.3, 0.4) is 0 Å². The minimum atomic E-state index is -1.06. The summed E-state index contributed by atoms with van der Waals surface area (Å²) in [5.74, 6) is -0.799. The smallest absolute Gasteiger partial charge is 0.339 e. The molecule has 0 radical (unpaired) electrons. The first-order valence-corrected chi connectivity index (χ1v) is 10.9. The fourth-order valence-electron chi connectivity index (χ4n) is 3.17. The highest BCUT2D eigenvalue weighted by Crippen LogP contribution is 2.31. The maximum Gasteiger partial charge on any atom is 0.339 e. The summed E-state index contributed by atoms with van der Waals surface area (Å²) in [4.78, 5) is 35.4. The zero-order chi connectivity index (χ0) is 21.5. The van der Waals surface area contributed by atoms with Crippen LogP contribution < -0.4 is 10.1 Å². The van der Waals surface area contributed by atoms with Gasteiger partial charge in [0.1, 0.15) is 17.9 Å². The van der Waals surface area contributed by atoms with Crippen molar-refractivity contribution in [2.24, 2.45) is 0 Å². The molecule has 2 aromatic rings. The van der Waals surface area contributed by atoms with Crippen LogP contribution in [0.5, 0.6) is 5.75 Å². The molecular formula is C22H23NO6S. The highest BCUT2D eigenvalue weighted by Gasteiger charge is 2.27. The zero-order valence-electron chi connectivity index (χ0n) is 16.5. The number of nitrogens with one attached hydrogen (secondary N) is 1. The molecule has 1 aliphatic rings. The molecule has 30 heavy (non-hydrogen) atoms. The standard InChI is InChI=1S/C22H23NO6S/c1-30-11-10-18(21(25)26)23-20(24)13-28-16-8-6-14(7-9-16)19-12-15-4-2-3-5-17(15)22(27)29-19/h2-9,18-19H,10-13H2,1H3,(H,23,24)(H,25,26)/t18-,19-/m1/s1. The monoisotopic (exact) mass is 429 g/mol. The van der Waals surface area contributed by atoms with Gasteiger partial charge in [0.2, 0.25) is 0 Å². The van der Waals surface area contributed by atoms with Gasteiger partial charge in [-0.05, 0) is 47.8 Å². The highest BCUT2D eigenvalue weighted by molar-refractivity contribution is 7.98. The predicted octanol–water partition coefficient (Wildman–Crippen LogP) is 2.84. The number of ether oxygens (including phenoxy) is 2. The molecule has 2 N–H and O–H groups in total. The van der Waals surface area contributed by atoms with Gasteiger partial charge in [-0.25, -0.2) is 9.59 Å². The van der Waals surface area contributed by atoms with E-state index < -0.39 is 17.9 Å². The summed E-state index contributed by atoms with van der Waals surface area (Å²) < 4.78 is 11.0. The molecule has 3 rings (SSSR count). The molecule has 0 unspecified atom stereocenters. The number of thioether (sulfide) groups is 1. The maximum atomic E-state index is 12.2. The number of cyclic esters (lactones) is 1. The quantitative estimate of drug-likeness (QED) is 0.591. The number of esters is 1. The third kappa shape index (κ3) is 5.54. The van der Waals surface area contributed by atoms with Gasteiger partial charge in [-0.15, -0.1) is 0 Å². The molecule has 1 amide bonds.